The molecule has 1 N–H and O–H groups in total. The van der Waals surface area contributed by atoms with Gasteiger partial charge in [0.05, 0.1) is 6.61 Å². The summed E-state index contributed by atoms with van der Waals surface area (Å²) in [6.07, 6.45) is 0. The third-order valence-electron chi connectivity index (χ3n) is 2.39. The largest absolute Gasteiger partial charge is 0.383 e. The van der Waals surface area contributed by atoms with Crippen molar-refractivity contribution < 1.29 is 4.74 Å². The van der Waals surface area contributed by atoms with Crippen LogP contribution in [0.15, 0.2) is 22.7 Å². The van der Waals surface area contributed by atoms with Gasteiger partial charge in [0.25, 0.3) is 0 Å². The van der Waals surface area contributed by atoms with Crippen LogP contribution in [-0.4, -0.2) is 30.5 Å². The van der Waals surface area contributed by atoms with E-state index in [4.69, 9.17) is 16.3 Å². The summed E-state index contributed by atoms with van der Waals surface area (Å²) in [5.41, 5.74) is 1.00. The van der Waals surface area contributed by atoms with E-state index in [1.54, 1.807) is 18.4 Å². The molecule has 1 aromatic carbocycles. The van der Waals surface area contributed by atoms with Crippen LogP contribution in [0.25, 0.3) is 10.6 Å². The topological polar surface area (TPSA) is 47.0 Å². The number of nitrogens with zero attached hydrogens (tertiary/aromatic N) is 2. The van der Waals surface area contributed by atoms with Gasteiger partial charge in [-0.05, 0) is 18.2 Å². The Kier molecular flexibility index (Phi) is 5.72. The Balaban J connectivity index is 2.04. The van der Waals surface area contributed by atoms with Crippen molar-refractivity contribution in [2.45, 2.75) is 6.54 Å². The van der Waals surface area contributed by atoms with Crippen molar-refractivity contribution in [1.82, 2.24) is 15.5 Å². The van der Waals surface area contributed by atoms with Crippen LogP contribution in [0.5, 0.6) is 0 Å². The van der Waals surface area contributed by atoms with Crippen LogP contribution in [-0.2, 0) is 11.3 Å². The third kappa shape index (κ3) is 4.22. The van der Waals surface area contributed by atoms with E-state index in [9.17, 15) is 0 Å². The molecule has 0 spiro atoms. The van der Waals surface area contributed by atoms with Crippen LogP contribution >= 0.6 is 38.9 Å². The highest BCUT2D eigenvalue weighted by Crippen LogP contribution is 2.32. The van der Waals surface area contributed by atoms with Gasteiger partial charge in [0, 0.05) is 35.3 Å². The fraction of sp³-hybridized carbons (Fsp3) is 0.333. The summed E-state index contributed by atoms with van der Waals surface area (Å²) >= 11 is 11.0. The standard InChI is InChI=1S/C12H13BrClN3OS/c1-18-5-4-15-7-11-16-17-12(19-11)9-3-2-8(14)6-10(9)13/h2-3,6,15H,4-5,7H2,1H3. The second kappa shape index (κ2) is 7.31. The van der Waals surface area contributed by atoms with E-state index in [1.165, 1.54) is 0 Å². The van der Waals surface area contributed by atoms with Crippen molar-refractivity contribution in [3.05, 3.63) is 32.7 Å². The first kappa shape index (κ1) is 14.9. The number of hydrogen-bond acceptors (Lipinski definition) is 5. The minimum atomic E-state index is 0.689. The number of ether oxygens (including phenoxy) is 1. The predicted molar refractivity (Wildman–Crippen MR) is 81.6 cm³/mol. The summed E-state index contributed by atoms with van der Waals surface area (Å²) in [7, 11) is 1.68. The molecule has 7 heteroatoms. The first-order valence-electron chi connectivity index (χ1n) is 5.68. The summed E-state index contributed by atoms with van der Waals surface area (Å²) in [5.74, 6) is 0. The average Bonchev–Trinajstić information content (AvgIpc) is 2.83. The summed E-state index contributed by atoms with van der Waals surface area (Å²) in [5, 5.41) is 14.1. The molecule has 1 heterocycles. The molecule has 4 nitrogen and oxygen atoms in total. The van der Waals surface area contributed by atoms with Gasteiger partial charge in [0.2, 0.25) is 0 Å². The fourth-order valence-corrected chi connectivity index (χ4v) is 3.32. The van der Waals surface area contributed by atoms with Gasteiger partial charge in [-0.2, -0.15) is 0 Å². The van der Waals surface area contributed by atoms with Gasteiger partial charge in [0.1, 0.15) is 10.0 Å². The molecule has 0 aliphatic rings. The summed E-state index contributed by atoms with van der Waals surface area (Å²) < 4.78 is 5.89. The van der Waals surface area contributed by atoms with E-state index in [1.807, 2.05) is 18.2 Å². The van der Waals surface area contributed by atoms with E-state index in [0.717, 1.165) is 26.6 Å². The number of hydrogen-bond donors (Lipinski definition) is 1. The minimum absolute atomic E-state index is 0.689. The van der Waals surface area contributed by atoms with Gasteiger partial charge < -0.3 is 10.1 Å². The predicted octanol–water partition coefficient (Wildman–Crippen LogP) is 3.36. The average molecular weight is 363 g/mol. The number of nitrogens with one attached hydrogen (secondary N) is 1. The molecule has 1 aromatic heterocycles. The lowest BCUT2D eigenvalue weighted by atomic mass is 10.2. The van der Waals surface area contributed by atoms with Crippen molar-refractivity contribution >= 4 is 38.9 Å². The van der Waals surface area contributed by atoms with Gasteiger partial charge in [0.15, 0.2) is 0 Å². The molecule has 0 bridgehead atoms. The van der Waals surface area contributed by atoms with Gasteiger partial charge in [-0.15, -0.1) is 10.2 Å². The Hall–Kier alpha value is -0.530. The minimum Gasteiger partial charge on any atom is -0.383 e. The molecule has 2 aromatic rings. The summed E-state index contributed by atoms with van der Waals surface area (Å²) in [6, 6.07) is 5.64. The molecule has 0 saturated heterocycles. The highest BCUT2D eigenvalue weighted by atomic mass is 79.9. The third-order valence-corrected chi connectivity index (χ3v) is 4.24. The highest BCUT2D eigenvalue weighted by Gasteiger charge is 2.10. The maximum atomic E-state index is 5.92. The number of benzene rings is 1. The molecular weight excluding hydrogens is 350 g/mol. The number of halogens is 2. The maximum Gasteiger partial charge on any atom is 0.148 e. The van der Waals surface area contributed by atoms with Crippen LogP contribution in [0, 0.1) is 0 Å². The molecule has 0 atom stereocenters. The van der Waals surface area contributed by atoms with Crippen LogP contribution in [0.1, 0.15) is 5.01 Å². The number of rotatable bonds is 6. The van der Waals surface area contributed by atoms with Crippen molar-refractivity contribution in [1.29, 1.82) is 0 Å². The zero-order chi connectivity index (χ0) is 13.7. The smallest absolute Gasteiger partial charge is 0.148 e. The molecule has 2 rings (SSSR count). The Morgan fingerprint density at radius 3 is 3.00 bits per heavy atom. The summed E-state index contributed by atoms with van der Waals surface area (Å²) in [4.78, 5) is 0. The van der Waals surface area contributed by atoms with Crippen LogP contribution < -0.4 is 5.32 Å². The van der Waals surface area contributed by atoms with Gasteiger partial charge in [-0.1, -0.05) is 38.9 Å². The number of aromatic nitrogens is 2. The monoisotopic (exact) mass is 361 g/mol. The zero-order valence-corrected chi connectivity index (χ0v) is 13.5. The lowest BCUT2D eigenvalue weighted by molar-refractivity contribution is 0.199. The molecule has 102 valence electrons. The van der Waals surface area contributed by atoms with Crippen molar-refractivity contribution in [3.8, 4) is 10.6 Å². The van der Waals surface area contributed by atoms with Crippen molar-refractivity contribution in [2.75, 3.05) is 20.3 Å². The Morgan fingerprint density at radius 2 is 2.26 bits per heavy atom. The SMILES string of the molecule is COCCNCc1nnc(-c2ccc(Cl)cc2Br)s1. The second-order valence-corrected chi connectivity index (χ2v) is 6.15. The molecule has 0 fully saturated rings. The van der Waals surface area contributed by atoms with E-state index in [-0.39, 0.29) is 0 Å². The van der Waals surface area contributed by atoms with Crippen LogP contribution in [0.2, 0.25) is 5.02 Å². The molecule has 0 saturated carbocycles. The Bertz CT molecular complexity index is 550. The fourth-order valence-electron chi connectivity index (χ4n) is 1.47. The van der Waals surface area contributed by atoms with Gasteiger partial charge >= 0.3 is 0 Å². The van der Waals surface area contributed by atoms with E-state index >= 15 is 0 Å². The molecule has 19 heavy (non-hydrogen) atoms. The molecule has 0 unspecified atom stereocenters. The van der Waals surface area contributed by atoms with E-state index < -0.39 is 0 Å². The van der Waals surface area contributed by atoms with Crippen molar-refractivity contribution in [3.63, 3.8) is 0 Å². The lowest BCUT2D eigenvalue weighted by Gasteiger charge is -2.00. The van der Waals surface area contributed by atoms with Crippen LogP contribution in [0.4, 0.5) is 0 Å². The first-order valence-corrected chi connectivity index (χ1v) is 7.67. The molecular formula is C12H13BrClN3OS. The maximum absolute atomic E-state index is 5.92. The molecule has 0 aliphatic carbocycles. The van der Waals surface area contributed by atoms with E-state index in [2.05, 4.69) is 31.4 Å². The first-order chi connectivity index (χ1) is 9.20. The van der Waals surface area contributed by atoms with Gasteiger partial charge in [-0.3, -0.25) is 0 Å². The van der Waals surface area contributed by atoms with E-state index in [0.29, 0.717) is 18.2 Å². The second-order valence-electron chi connectivity index (χ2n) is 3.79. The molecule has 0 amide bonds. The number of methoxy groups -OCH3 is 1. The Labute approximate surface area is 129 Å². The van der Waals surface area contributed by atoms with Crippen molar-refractivity contribution in [2.24, 2.45) is 0 Å². The zero-order valence-electron chi connectivity index (χ0n) is 10.3. The highest BCUT2D eigenvalue weighted by molar-refractivity contribution is 9.10. The van der Waals surface area contributed by atoms with Crippen LogP contribution in [0.3, 0.4) is 0 Å². The van der Waals surface area contributed by atoms with Gasteiger partial charge in [-0.25, -0.2) is 0 Å². The molecule has 0 aliphatic heterocycles. The Morgan fingerprint density at radius 1 is 1.42 bits per heavy atom. The normalized spacial score (nSPS) is 10.9. The lowest BCUT2D eigenvalue weighted by Crippen LogP contribution is -2.18. The quantitative estimate of drug-likeness (QED) is 0.801. The summed E-state index contributed by atoms with van der Waals surface area (Å²) in [6.45, 7) is 2.19. The molecule has 0 radical (unpaired) electrons.